The summed E-state index contributed by atoms with van der Waals surface area (Å²) in [6.07, 6.45) is 2.03. The quantitative estimate of drug-likeness (QED) is 0.421. The normalized spacial score (nSPS) is 12.4. The maximum Gasteiger partial charge on any atom is 0.303 e. The number of hydrogen-bond acceptors (Lipinski definition) is 4. The van der Waals surface area contributed by atoms with E-state index in [-0.39, 0.29) is 18.2 Å². The first-order chi connectivity index (χ1) is 9.36. The van der Waals surface area contributed by atoms with Crippen molar-refractivity contribution in [2.75, 3.05) is 33.4 Å². The molecule has 0 heterocycles. The van der Waals surface area contributed by atoms with Crippen molar-refractivity contribution in [1.29, 1.82) is 0 Å². The number of aliphatic carboxylic acids is 1. The van der Waals surface area contributed by atoms with Gasteiger partial charge in [0, 0.05) is 40.2 Å². The highest BCUT2D eigenvalue weighted by atomic mass is 16.4. The lowest BCUT2D eigenvalue weighted by atomic mass is 10.00. The standard InChI is InChI=1S/C13H26BN3O3/c1-4-5-12(8-13(19)20)9-15-10-17(14)7-6-16(3)11(2)18/h12,15H,4-10H2,1-3H3,(H,19,20). The molecule has 0 aliphatic heterocycles. The number of likely N-dealkylation sites (N-methyl/N-ethyl adjacent to an activating group) is 1. The molecule has 0 saturated heterocycles. The number of carbonyl (C=O) groups excluding carboxylic acids is 1. The second-order valence-corrected chi connectivity index (χ2v) is 5.12. The van der Waals surface area contributed by atoms with Crippen LogP contribution >= 0.6 is 0 Å². The van der Waals surface area contributed by atoms with Gasteiger partial charge in [-0.1, -0.05) is 13.3 Å². The highest BCUT2D eigenvalue weighted by Crippen LogP contribution is 2.09. The molecular formula is C13H26BN3O3. The Morgan fingerprint density at radius 2 is 2.00 bits per heavy atom. The van der Waals surface area contributed by atoms with Gasteiger partial charge >= 0.3 is 5.97 Å². The summed E-state index contributed by atoms with van der Waals surface area (Å²) >= 11 is 0. The molecule has 1 atom stereocenters. The maximum atomic E-state index is 11.0. The van der Waals surface area contributed by atoms with Gasteiger partial charge < -0.3 is 20.1 Å². The summed E-state index contributed by atoms with van der Waals surface area (Å²) in [5.74, 6) is -0.625. The lowest BCUT2D eigenvalue weighted by Crippen LogP contribution is -2.40. The molecule has 7 heteroatoms. The topological polar surface area (TPSA) is 72.9 Å². The molecule has 114 valence electrons. The van der Waals surface area contributed by atoms with Crippen LogP contribution in [0, 0.1) is 5.92 Å². The van der Waals surface area contributed by atoms with E-state index in [1.807, 2.05) is 6.92 Å². The average molecular weight is 283 g/mol. The lowest BCUT2D eigenvalue weighted by Gasteiger charge is -2.23. The minimum atomic E-state index is -0.766. The Bertz CT molecular complexity index is 303. The Kier molecular flexibility index (Phi) is 10.1. The first-order valence-corrected chi connectivity index (χ1v) is 7.00. The van der Waals surface area contributed by atoms with Crippen LogP contribution in [-0.4, -0.2) is 68.0 Å². The van der Waals surface area contributed by atoms with Crippen molar-refractivity contribution in [3.8, 4) is 0 Å². The zero-order chi connectivity index (χ0) is 15.5. The summed E-state index contributed by atoms with van der Waals surface area (Å²) in [6, 6.07) is 0. The van der Waals surface area contributed by atoms with Gasteiger partial charge in [-0.25, -0.2) is 0 Å². The molecule has 1 amide bonds. The molecule has 0 rings (SSSR count). The van der Waals surface area contributed by atoms with Crippen LogP contribution in [0.4, 0.5) is 0 Å². The minimum Gasteiger partial charge on any atom is -0.481 e. The summed E-state index contributed by atoms with van der Waals surface area (Å²) in [7, 11) is 7.53. The van der Waals surface area contributed by atoms with E-state index in [1.165, 1.54) is 6.92 Å². The van der Waals surface area contributed by atoms with Crippen LogP contribution in [0.2, 0.25) is 0 Å². The molecular weight excluding hydrogens is 257 g/mol. The Labute approximate surface area is 122 Å². The number of nitrogens with zero attached hydrogens (tertiary/aromatic N) is 2. The second kappa shape index (κ2) is 10.7. The van der Waals surface area contributed by atoms with Crippen LogP contribution in [0.5, 0.6) is 0 Å². The number of rotatable bonds is 11. The predicted molar refractivity (Wildman–Crippen MR) is 79.3 cm³/mol. The van der Waals surface area contributed by atoms with Gasteiger partial charge in [0.25, 0.3) is 0 Å². The highest BCUT2D eigenvalue weighted by molar-refractivity contribution is 6.04. The van der Waals surface area contributed by atoms with Gasteiger partial charge in [-0.3, -0.25) is 9.59 Å². The molecule has 0 aliphatic rings. The van der Waals surface area contributed by atoms with Crippen molar-refractivity contribution in [2.45, 2.75) is 33.1 Å². The molecule has 2 N–H and O–H groups in total. The molecule has 0 aromatic carbocycles. The van der Waals surface area contributed by atoms with E-state index in [9.17, 15) is 9.59 Å². The number of hydrogen-bond donors (Lipinski definition) is 2. The first-order valence-electron chi connectivity index (χ1n) is 7.00. The van der Waals surface area contributed by atoms with Crippen molar-refractivity contribution in [3.05, 3.63) is 0 Å². The van der Waals surface area contributed by atoms with E-state index >= 15 is 0 Å². The first kappa shape index (κ1) is 18.9. The van der Waals surface area contributed by atoms with Gasteiger partial charge in [-0.2, -0.15) is 0 Å². The highest BCUT2D eigenvalue weighted by Gasteiger charge is 2.12. The molecule has 0 aromatic heterocycles. The molecule has 0 bridgehead atoms. The Hall–Kier alpha value is -1.08. The maximum absolute atomic E-state index is 11.0. The van der Waals surface area contributed by atoms with Gasteiger partial charge in [-0.05, 0) is 18.9 Å². The second-order valence-electron chi connectivity index (χ2n) is 5.12. The van der Waals surface area contributed by atoms with E-state index < -0.39 is 5.97 Å². The molecule has 0 spiro atoms. The van der Waals surface area contributed by atoms with E-state index in [4.69, 9.17) is 13.1 Å². The smallest absolute Gasteiger partial charge is 0.303 e. The molecule has 0 aromatic rings. The summed E-state index contributed by atoms with van der Waals surface area (Å²) in [5, 5.41) is 12.0. The zero-order valence-electron chi connectivity index (χ0n) is 12.8. The monoisotopic (exact) mass is 283 g/mol. The summed E-state index contributed by atoms with van der Waals surface area (Å²) < 4.78 is 0. The Morgan fingerprint density at radius 3 is 2.50 bits per heavy atom. The summed E-state index contributed by atoms with van der Waals surface area (Å²) in [5.41, 5.74) is 0. The van der Waals surface area contributed by atoms with Crippen molar-refractivity contribution >= 4 is 19.9 Å². The fourth-order valence-electron chi connectivity index (χ4n) is 1.86. The SMILES string of the molecule is [B]N(CCN(C)C(C)=O)CNCC(CCC)CC(=O)O. The average Bonchev–Trinajstić information content (AvgIpc) is 2.35. The largest absolute Gasteiger partial charge is 0.481 e. The van der Waals surface area contributed by atoms with Crippen molar-refractivity contribution in [3.63, 3.8) is 0 Å². The third-order valence-corrected chi connectivity index (χ3v) is 3.17. The minimum absolute atomic E-state index is 0.0100. The van der Waals surface area contributed by atoms with Crippen molar-refractivity contribution < 1.29 is 14.7 Å². The third kappa shape index (κ3) is 9.80. The number of carboxylic acid groups (broad SMARTS) is 1. The van der Waals surface area contributed by atoms with Gasteiger partial charge in [-0.15, -0.1) is 0 Å². The van der Waals surface area contributed by atoms with Gasteiger partial charge in [0.1, 0.15) is 0 Å². The fourth-order valence-corrected chi connectivity index (χ4v) is 1.86. The predicted octanol–water partition coefficient (Wildman–Crippen LogP) is 0.288. The van der Waals surface area contributed by atoms with Gasteiger partial charge in [0.15, 0.2) is 7.98 Å². The van der Waals surface area contributed by atoms with Crippen molar-refractivity contribution in [1.82, 2.24) is 15.0 Å². The fraction of sp³-hybridized carbons (Fsp3) is 0.846. The Balaban J connectivity index is 3.84. The van der Waals surface area contributed by atoms with Gasteiger partial charge in [0.2, 0.25) is 5.91 Å². The van der Waals surface area contributed by atoms with E-state index in [0.29, 0.717) is 26.3 Å². The third-order valence-electron chi connectivity index (χ3n) is 3.17. The van der Waals surface area contributed by atoms with Gasteiger partial charge in [0.05, 0.1) is 0 Å². The number of nitrogens with one attached hydrogen (secondary N) is 1. The van der Waals surface area contributed by atoms with E-state index in [0.717, 1.165) is 12.8 Å². The molecule has 1 unspecified atom stereocenters. The molecule has 6 nitrogen and oxygen atoms in total. The summed E-state index contributed by atoms with van der Waals surface area (Å²) in [6.45, 7) is 5.81. The van der Waals surface area contributed by atoms with Crippen LogP contribution in [-0.2, 0) is 9.59 Å². The number of carboxylic acids is 1. The molecule has 0 fully saturated rings. The van der Waals surface area contributed by atoms with Crippen LogP contribution in [0.25, 0.3) is 0 Å². The van der Waals surface area contributed by atoms with Crippen LogP contribution < -0.4 is 5.32 Å². The van der Waals surface area contributed by atoms with Crippen LogP contribution in [0.1, 0.15) is 33.1 Å². The zero-order valence-corrected chi connectivity index (χ0v) is 12.8. The molecule has 2 radical (unpaired) electrons. The van der Waals surface area contributed by atoms with E-state index in [2.05, 4.69) is 5.32 Å². The lowest BCUT2D eigenvalue weighted by molar-refractivity contribution is -0.138. The molecule has 0 aliphatic carbocycles. The van der Waals surface area contributed by atoms with Crippen molar-refractivity contribution in [2.24, 2.45) is 5.92 Å². The number of carbonyl (C=O) groups is 2. The Morgan fingerprint density at radius 1 is 1.35 bits per heavy atom. The summed E-state index contributed by atoms with van der Waals surface area (Å²) in [4.78, 5) is 24.9. The molecule has 20 heavy (non-hydrogen) atoms. The molecule has 0 saturated carbocycles. The van der Waals surface area contributed by atoms with Crippen LogP contribution in [0.15, 0.2) is 0 Å². The van der Waals surface area contributed by atoms with E-state index in [1.54, 1.807) is 16.8 Å². The number of amides is 1. The van der Waals surface area contributed by atoms with Crippen LogP contribution in [0.3, 0.4) is 0 Å².